The van der Waals surface area contributed by atoms with Crippen LogP contribution in [0.1, 0.15) is 17.0 Å². The fourth-order valence-electron chi connectivity index (χ4n) is 2.83. The minimum absolute atomic E-state index is 0.0568. The molecule has 5 N–H and O–H groups in total. The lowest BCUT2D eigenvalue weighted by molar-refractivity contribution is -0.121. The van der Waals surface area contributed by atoms with Gasteiger partial charge in [-0.25, -0.2) is 18.4 Å². The molecule has 11 nitrogen and oxygen atoms in total. The number of sulfonamides is 1. The first-order valence-electron chi connectivity index (χ1n) is 9.65. The van der Waals surface area contributed by atoms with Crippen LogP contribution in [-0.2, 0) is 27.9 Å². The fraction of sp³-hybridized carbons (Fsp3) is 0.200. The van der Waals surface area contributed by atoms with Crippen molar-refractivity contribution in [2.24, 2.45) is 0 Å². The molecule has 3 aromatic rings. The van der Waals surface area contributed by atoms with Crippen LogP contribution in [0.2, 0.25) is 5.02 Å². The molecule has 0 bridgehead atoms. The van der Waals surface area contributed by atoms with Crippen molar-refractivity contribution in [2.45, 2.75) is 31.8 Å². The number of nitrogen functional groups attached to an aromatic ring is 1. The first-order valence-corrected chi connectivity index (χ1v) is 11.5. The molecule has 0 saturated heterocycles. The van der Waals surface area contributed by atoms with Crippen molar-refractivity contribution in [3.8, 4) is 0 Å². The lowest BCUT2D eigenvalue weighted by atomic mass is 10.2. The number of amides is 1. The maximum Gasteiger partial charge on any atom is 0.295 e. The monoisotopic (exact) mass is 491 g/mol. The highest BCUT2D eigenvalue weighted by Gasteiger charge is 2.17. The van der Waals surface area contributed by atoms with E-state index in [0.717, 1.165) is 5.56 Å². The van der Waals surface area contributed by atoms with Crippen molar-refractivity contribution < 1.29 is 13.2 Å². The van der Waals surface area contributed by atoms with Gasteiger partial charge >= 0.3 is 0 Å². The summed E-state index contributed by atoms with van der Waals surface area (Å²) in [4.78, 5) is 35.3. The van der Waals surface area contributed by atoms with Gasteiger partial charge in [0.05, 0.1) is 4.90 Å². The van der Waals surface area contributed by atoms with E-state index in [1.54, 1.807) is 26.0 Å². The zero-order valence-corrected chi connectivity index (χ0v) is 19.4. The SMILES string of the molecule is Cc1nc(N)ccc1CNC(=O)Cn1c(C)cnc(NNS(=O)(=O)c2ccc(Cl)cc2)c1=O. The van der Waals surface area contributed by atoms with Crippen LogP contribution >= 0.6 is 11.6 Å². The summed E-state index contributed by atoms with van der Waals surface area (Å²) < 4.78 is 26.0. The van der Waals surface area contributed by atoms with Crippen LogP contribution < -0.4 is 26.9 Å². The molecule has 3 rings (SSSR count). The van der Waals surface area contributed by atoms with E-state index < -0.39 is 21.5 Å². The van der Waals surface area contributed by atoms with Crippen LogP contribution in [0, 0.1) is 13.8 Å². The van der Waals surface area contributed by atoms with E-state index >= 15 is 0 Å². The Morgan fingerprint density at radius 1 is 1.15 bits per heavy atom. The number of anilines is 2. The number of hydrazine groups is 1. The first-order chi connectivity index (χ1) is 15.6. The lowest BCUT2D eigenvalue weighted by Crippen LogP contribution is -2.38. The Morgan fingerprint density at radius 2 is 1.85 bits per heavy atom. The van der Waals surface area contributed by atoms with Gasteiger partial charge < -0.3 is 11.1 Å². The number of benzene rings is 1. The van der Waals surface area contributed by atoms with Gasteiger partial charge in [-0.2, -0.15) is 0 Å². The Kier molecular flexibility index (Phi) is 7.31. The molecule has 0 aliphatic carbocycles. The number of rotatable bonds is 8. The van der Waals surface area contributed by atoms with Crippen LogP contribution in [0.5, 0.6) is 0 Å². The average molecular weight is 492 g/mol. The van der Waals surface area contributed by atoms with Gasteiger partial charge in [0.15, 0.2) is 0 Å². The predicted molar refractivity (Wildman–Crippen MR) is 124 cm³/mol. The normalized spacial score (nSPS) is 11.2. The molecule has 0 unspecified atom stereocenters. The molecule has 0 aliphatic rings. The molecule has 2 aromatic heterocycles. The predicted octanol–water partition coefficient (Wildman–Crippen LogP) is 1.11. The van der Waals surface area contributed by atoms with Gasteiger partial charge in [-0.15, -0.1) is 4.83 Å². The van der Waals surface area contributed by atoms with Crippen molar-refractivity contribution in [3.05, 3.63) is 74.9 Å². The Bertz CT molecular complexity index is 1340. The first kappa shape index (κ1) is 24.2. The highest BCUT2D eigenvalue weighted by molar-refractivity contribution is 7.89. The topological polar surface area (TPSA) is 161 Å². The molecule has 0 radical (unpaired) electrons. The number of carbonyl (C=O) groups excluding carboxylic acids is 1. The standard InChI is InChI=1S/C20H22ClN7O4S/c1-12-9-24-19(26-27-33(31,32)16-6-4-15(21)5-7-16)20(30)28(12)11-18(29)23-10-14-3-8-17(22)25-13(14)2/h3-9,27H,10-11H2,1-2H3,(H2,22,25)(H,23,29)(H,24,26). The van der Waals surface area contributed by atoms with E-state index in [1.807, 2.05) is 0 Å². The molecule has 174 valence electrons. The van der Waals surface area contributed by atoms with E-state index in [0.29, 0.717) is 22.2 Å². The number of hydrogen-bond donors (Lipinski definition) is 4. The van der Waals surface area contributed by atoms with Gasteiger partial charge in [0.2, 0.25) is 11.7 Å². The molecule has 33 heavy (non-hydrogen) atoms. The molecule has 1 amide bonds. The van der Waals surface area contributed by atoms with Gasteiger partial charge in [-0.05, 0) is 49.7 Å². The number of carbonyl (C=O) groups is 1. The van der Waals surface area contributed by atoms with Crippen molar-refractivity contribution in [2.75, 3.05) is 11.2 Å². The molecule has 0 fully saturated rings. The molecule has 0 atom stereocenters. The van der Waals surface area contributed by atoms with Gasteiger partial charge in [-0.3, -0.25) is 19.6 Å². The second-order valence-corrected chi connectivity index (χ2v) is 9.20. The molecule has 0 aliphatic heterocycles. The molecule has 2 heterocycles. The van der Waals surface area contributed by atoms with Crippen molar-refractivity contribution in [3.63, 3.8) is 0 Å². The van der Waals surface area contributed by atoms with E-state index in [2.05, 4.69) is 25.5 Å². The number of aromatic nitrogens is 3. The highest BCUT2D eigenvalue weighted by atomic mass is 35.5. The Morgan fingerprint density at radius 3 is 2.52 bits per heavy atom. The number of halogens is 1. The summed E-state index contributed by atoms with van der Waals surface area (Å²) in [5.41, 5.74) is 9.16. The number of nitrogens with two attached hydrogens (primary N) is 1. The zero-order chi connectivity index (χ0) is 24.2. The Labute approximate surface area is 195 Å². The number of aryl methyl sites for hydroxylation is 2. The van der Waals surface area contributed by atoms with Crippen LogP contribution in [0.4, 0.5) is 11.6 Å². The van der Waals surface area contributed by atoms with Crippen molar-refractivity contribution in [1.29, 1.82) is 0 Å². The third-order valence-corrected chi connectivity index (χ3v) is 6.19. The van der Waals surface area contributed by atoms with E-state index in [-0.39, 0.29) is 23.8 Å². The van der Waals surface area contributed by atoms with E-state index in [9.17, 15) is 18.0 Å². The molecule has 0 saturated carbocycles. The molecular formula is C20H22ClN7O4S. The summed E-state index contributed by atoms with van der Waals surface area (Å²) in [6, 6.07) is 8.87. The summed E-state index contributed by atoms with van der Waals surface area (Å²) in [7, 11) is -3.99. The molecule has 13 heteroatoms. The minimum atomic E-state index is -3.99. The van der Waals surface area contributed by atoms with E-state index in [4.69, 9.17) is 17.3 Å². The van der Waals surface area contributed by atoms with Gasteiger partial charge in [-0.1, -0.05) is 17.7 Å². The highest BCUT2D eigenvalue weighted by Crippen LogP contribution is 2.14. The van der Waals surface area contributed by atoms with Gasteiger partial charge in [0, 0.05) is 29.2 Å². The largest absolute Gasteiger partial charge is 0.384 e. The summed E-state index contributed by atoms with van der Waals surface area (Å²) >= 11 is 5.77. The second kappa shape index (κ2) is 9.98. The summed E-state index contributed by atoms with van der Waals surface area (Å²) in [6.45, 7) is 3.31. The third kappa shape index (κ3) is 6.06. The molecule has 0 spiro atoms. The second-order valence-electron chi connectivity index (χ2n) is 7.08. The van der Waals surface area contributed by atoms with Gasteiger partial charge in [0.25, 0.3) is 15.6 Å². The molecular weight excluding hydrogens is 470 g/mol. The van der Waals surface area contributed by atoms with Crippen molar-refractivity contribution in [1.82, 2.24) is 24.7 Å². The van der Waals surface area contributed by atoms with Crippen molar-refractivity contribution >= 4 is 39.2 Å². The smallest absolute Gasteiger partial charge is 0.295 e. The number of pyridine rings is 1. The quantitative estimate of drug-likeness (QED) is 0.341. The summed E-state index contributed by atoms with van der Waals surface area (Å²) in [5.74, 6) is -0.326. The summed E-state index contributed by atoms with van der Waals surface area (Å²) in [6.07, 6.45) is 1.35. The third-order valence-electron chi connectivity index (χ3n) is 4.68. The Hall–Kier alpha value is -3.48. The van der Waals surface area contributed by atoms with Crippen LogP contribution in [0.15, 0.2) is 52.3 Å². The summed E-state index contributed by atoms with van der Waals surface area (Å²) in [5, 5.41) is 3.10. The zero-order valence-electron chi connectivity index (χ0n) is 17.8. The van der Waals surface area contributed by atoms with Gasteiger partial charge in [0.1, 0.15) is 12.4 Å². The average Bonchev–Trinajstić information content (AvgIpc) is 2.76. The van der Waals surface area contributed by atoms with Crippen LogP contribution in [-0.4, -0.2) is 28.9 Å². The Balaban J connectivity index is 1.69. The minimum Gasteiger partial charge on any atom is -0.384 e. The fourth-order valence-corrected chi connectivity index (χ4v) is 3.80. The number of nitrogens with one attached hydrogen (secondary N) is 3. The van der Waals surface area contributed by atoms with Crippen LogP contribution in [0.3, 0.4) is 0 Å². The maximum atomic E-state index is 12.8. The number of nitrogens with zero attached hydrogens (tertiary/aromatic N) is 3. The number of hydrogen-bond acceptors (Lipinski definition) is 8. The maximum absolute atomic E-state index is 12.8. The van der Waals surface area contributed by atoms with E-state index in [1.165, 1.54) is 35.0 Å². The molecule has 1 aromatic carbocycles. The van der Waals surface area contributed by atoms with Crippen LogP contribution in [0.25, 0.3) is 0 Å². The lowest BCUT2D eigenvalue weighted by Gasteiger charge is -2.13.